The molecule has 2 heteroatoms. The van der Waals surface area contributed by atoms with Gasteiger partial charge < -0.3 is 0 Å². The summed E-state index contributed by atoms with van der Waals surface area (Å²) < 4.78 is 0. The van der Waals surface area contributed by atoms with Crippen molar-refractivity contribution in [3.63, 3.8) is 0 Å². The lowest BCUT2D eigenvalue weighted by molar-refractivity contribution is -0.136. The molecule has 0 rings (SSSR count). The molecule has 0 radical (unpaired) electrons. The Labute approximate surface area is 176 Å². The summed E-state index contributed by atoms with van der Waals surface area (Å²) >= 11 is 0. The lowest BCUT2D eigenvalue weighted by atomic mass is 10.0. The largest absolute Gasteiger partial charge is 0.291 e. The molecule has 0 atom stereocenters. The first-order chi connectivity index (χ1) is 13.7. The van der Waals surface area contributed by atoms with Gasteiger partial charge in [0.15, 0.2) is 11.6 Å². The van der Waals surface area contributed by atoms with Crippen LogP contribution in [0.1, 0.15) is 155 Å². The van der Waals surface area contributed by atoms with Crippen LogP contribution < -0.4 is 0 Å². The fourth-order valence-electron chi connectivity index (χ4n) is 3.82. The van der Waals surface area contributed by atoms with Gasteiger partial charge in [-0.05, 0) is 12.8 Å². The second kappa shape index (κ2) is 22.6. The zero-order valence-electron chi connectivity index (χ0n) is 19.4. The molecule has 0 heterocycles. The number of carbonyl (C=O) groups is 2. The maximum atomic E-state index is 11.9. The van der Waals surface area contributed by atoms with E-state index < -0.39 is 0 Å². The smallest absolute Gasteiger partial charge is 0.198 e. The summed E-state index contributed by atoms with van der Waals surface area (Å²) in [6.07, 6.45) is 26.2. The Morgan fingerprint density at radius 1 is 0.357 bits per heavy atom. The van der Waals surface area contributed by atoms with Crippen molar-refractivity contribution in [2.75, 3.05) is 0 Å². The predicted molar refractivity (Wildman–Crippen MR) is 123 cm³/mol. The quantitative estimate of drug-likeness (QED) is 0.128. The summed E-state index contributed by atoms with van der Waals surface area (Å²) in [7, 11) is 0. The molecule has 166 valence electrons. The van der Waals surface area contributed by atoms with Gasteiger partial charge in [0.1, 0.15) is 0 Å². The minimum absolute atomic E-state index is 0.115. The molecule has 2 nitrogen and oxygen atoms in total. The van der Waals surface area contributed by atoms with Gasteiger partial charge in [0, 0.05) is 12.8 Å². The van der Waals surface area contributed by atoms with E-state index in [1.807, 2.05) is 0 Å². The number of hydrogen-bond donors (Lipinski definition) is 0. The van der Waals surface area contributed by atoms with Crippen molar-refractivity contribution in [1.82, 2.24) is 0 Å². The van der Waals surface area contributed by atoms with Crippen LogP contribution >= 0.6 is 0 Å². The monoisotopic (exact) mass is 394 g/mol. The molecule has 0 aromatic carbocycles. The standard InChI is InChI=1S/C26H50O2/c1-3-5-7-9-11-13-15-17-19-21-23-25(27)26(28)24-22-20-18-16-14-12-10-8-6-4-2/h3-24H2,1-2H3. The van der Waals surface area contributed by atoms with E-state index in [-0.39, 0.29) is 11.6 Å². The Kier molecular flexibility index (Phi) is 22.1. The number of ketones is 2. The summed E-state index contributed by atoms with van der Waals surface area (Å²) in [5, 5.41) is 0. The van der Waals surface area contributed by atoms with Crippen molar-refractivity contribution < 1.29 is 9.59 Å². The van der Waals surface area contributed by atoms with Gasteiger partial charge in [-0.3, -0.25) is 9.59 Å². The van der Waals surface area contributed by atoms with E-state index in [1.54, 1.807) is 0 Å². The SMILES string of the molecule is CCCCCCCCCCCCC(=O)C(=O)CCCCCCCCCCCC. The van der Waals surface area contributed by atoms with Crippen molar-refractivity contribution in [2.45, 2.75) is 155 Å². The van der Waals surface area contributed by atoms with Crippen LogP contribution in [0.25, 0.3) is 0 Å². The van der Waals surface area contributed by atoms with Crippen molar-refractivity contribution >= 4 is 11.6 Å². The summed E-state index contributed by atoms with van der Waals surface area (Å²) in [6, 6.07) is 0. The predicted octanol–water partition coefficient (Wildman–Crippen LogP) is 8.75. The second-order valence-corrected chi connectivity index (χ2v) is 8.71. The molecular formula is C26H50O2. The van der Waals surface area contributed by atoms with E-state index in [9.17, 15) is 9.59 Å². The zero-order chi connectivity index (χ0) is 20.7. The van der Waals surface area contributed by atoms with Gasteiger partial charge >= 0.3 is 0 Å². The minimum Gasteiger partial charge on any atom is -0.291 e. The van der Waals surface area contributed by atoms with Crippen molar-refractivity contribution in [1.29, 1.82) is 0 Å². The summed E-state index contributed by atoms with van der Waals surface area (Å²) in [5.41, 5.74) is 0. The Hall–Kier alpha value is -0.660. The zero-order valence-corrected chi connectivity index (χ0v) is 19.4. The van der Waals surface area contributed by atoms with Gasteiger partial charge in [0.2, 0.25) is 0 Å². The first kappa shape index (κ1) is 27.3. The summed E-state index contributed by atoms with van der Waals surface area (Å²) in [4.78, 5) is 23.8. The molecule has 0 fully saturated rings. The average Bonchev–Trinajstić information content (AvgIpc) is 2.70. The topological polar surface area (TPSA) is 34.1 Å². The van der Waals surface area contributed by atoms with Crippen LogP contribution in [0.3, 0.4) is 0 Å². The average molecular weight is 395 g/mol. The molecule has 28 heavy (non-hydrogen) atoms. The molecule has 0 aromatic heterocycles. The maximum Gasteiger partial charge on any atom is 0.198 e. The first-order valence-corrected chi connectivity index (χ1v) is 12.8. The molecule has 0 aromatic rings. The van der Waals surface area contributed by atoms with Crippen molar-refractivity contribution in [3.8, 4) is 0 Å². The van der Waals surface area contributed by atoms with Gasteiger partial charge in [-0.1, -0.05) is 129 Å². The number of carbonyl (C=O) groups excluding carboxylic acids is 2. The molecule has 0 saturated heterocycles. The fraction of sp³-hybridized carbons (Fsp3) is 0.923. The van der Waals surface area contributed by atoms with Crippen LogP contribution in [0.15, 0.2) is 0 Å². The van der Waals surface area contributed by atoms with E-state index in [4.69, 9.17) is 0 Å². The van der Waals surface area contributed by atoms with E-state index in [2.05, 4.69) is 13.8 Å². The molecule has 0 aliphatic carbocycles. The van der Waals surface area contributed by atoms with Gasteiger partial charge in [-0.2, -0.15) is 0 Å². The number of unbranched alkanes of at least 4 members (excludes halogenated alkanes) is 18. The van der Waals surface area contributed by atoms with Crippen LogP contribution in [0, 0.1) is 0 Å². The molecule has 0 aliphatic heterocycles. The maximum absolute atomic E-state index is 11.9. The van der Waals surface area contributed by atoms with Crippen LogP contribution in [-0.2, 0) is 9.59 Å². The second-order valence-electron chi connectivity index (χ2n) is 8.71. The normalized spacial score (nSPS) is 11.1. The third-order valence-corrected chi connectivity index (χ3v) is 5.83. The fourth-order valence-corrected chi connectivity index (χ4v) is 3.82. The highest BCUT2D eigenvalue weighted by molar-refractivity contribution is 6.37. The van der Waals surface area contributed by atoms with E-state index >= 15 is 0 Å². The van der Waals surface area contributed by atoms with Gasteiger partial charge in [0.25, 0.3) is 0 Å². The number of hydrogen-bond acceptors (Lipinski definition) is 2. The molecule has 0 aliphatic rings. The van der Waals surface area contributed by atoms with Gasteiger partial charge in [-0.15, -0.1) is 0 Å². The van der Waals surface area contributed by atoms with Crippen LogP contribution in [0.5, 0.6) is 0 Å². The Bertz CT molecular complexity index is 314. The summed E-state index contributed by atoms with van der Waals surface area (Å²) in [6.45, 7) is 4.51. The minimum atomic E-state index is -0.115. The Balaban J connectivity index is 3.33. The number of Topliss-reactive ketones (excluding diaryl/α,β-unsaturated/α-hetero) is 2. The van der Waals surface area contributed by atoms with Crippen LogP contribution in [0.4, 0.5) is 0 Å². The highest BCUT2D eigenvalue weighted by Gasteiger charge is 2.12. The first-order valence-electron chi connectivity index (χ1n) is 12.8. The highest BCUT2D eigenvalue weighted by atomic mass is 16.2. The third-order valence-electron chi connectivity index (χ3n) is 5.83. The van der Waals surface area contributed by atoms with E-state index in [0.717, 1.165) is 25.7 Å². The molecular weight excluding hydrogens is 344 g/mol. The Morgan fingerprint density at radius 2 is 0.571 bits per heavy atom. The van der Waals surface area contributed by atoms with Crippen LogP contribution in [0.2, 0.25) is 0 Å². The van der Waals surface area contributed by atoms with E-state index in [0.29, 0.717) is 12.8 Å². The van der Waals surface area contributed by atoms with Gasteiger partial charge in [0.05, 0.1) is 0 Å². The molecule has 0 amide bonds. The highest BCUT2D eigenvalue weighted by Crippen LogP contribution is 2.13. The molecule has 0 N–H and O–H groups in total. The van der Waals surface area contributed by atoms with E-state index in [1.165, 1.54) is 103 Å². The third kappa shape index (κ3) is 20.1. The lowest BCUT2D eigenvalue weighted by Crippen LogP contribution is -2.13. The number of rotatable bonds is 23. The Morgan fingerprint density at radius 3 is 0.821 bits per heavy atom. The van der Waals surface area contributed by atoms with Crippen LogP contribution in [-0.4, -0.2) is 11.6 Å². The van der Waals surface area contributed by atoms with Crippen molar-refractivity contribution in [3.05, 3.63) is 0 Å². The lowest BCUT2D eigenvalue weighted by Gasteiger charge is -2.03. The molecule has 0 bridgehead atoms. The van der Waals surface area contributed by atoms with Crippen molar-refractivity contribution in [2.24, 2.45) is 0 Å². The molecule has 0 spiro atoms. The van der Waals surface area contributed by atoms with Gasteiger partial charge in [-0.25, -0.2) is 0 Å². The summed E-state index contributed by atoms with van der Waals surface area (Å²) in [5.74, 6) is -0.231. The molecule has 0 saturated carbocycles. The molecule has 0 unspecified atom stereocenters.